The Labute approximate surface area is 71.5 Å². The number of halogens is 1. The van der Waals surface area contributed by atoms with Gasteiger partial charge in [0.05, 0.1) is 0 Å². The van der Waals surface area contributed by atoms with Crippen LogP contribution in [0.3, 0.4) is 0 Å². The molecule has 1 aromatic heterocycles. The van der Waals surface area contributed by atoms with E-state index in [4.69, 9.17) is 16.0 Å². The third kappa shape index (κ3) is 1.57. The summed E-state index contributed by atoms with van der Waals surface area (Å²) in [6, 6.07) is 0. The summed E-state index contributed by atoms with van der Waals surface area (Å²) in [5.41, 5.74) is 2.20. The Bertz CT molecular complexity index is 255. The number of aryl methyl sites for hydroxylation is 1. The van der Waals surface area contributed by atoms with Crippen LogP contribution < -0.4 is 5.32 Å². The second kappa shape index (κ2) is 3.28. The van der Waals surface area contributed by atoms with Crippen LogP contribution in [0.4, 0.5) is 0 Å². The Morgan fingerprint density at radius 2 is 2.09 bits per heavy atom. The maximum Gasteiger partial charge on any atom is 0.196 e. The fourth-order valence-electron chi connectivity index (χ4n) is 1.09. The van der Waals surface area contributed by atoms with Gasteiger partial charge in [-0.05, 0) is 32.5 Å². The van der Waals surface area contributed by atoms with Gasteiger partial charge in [-0.25, -0.2) is 0 Å². The van der Waals surface area contributed by atoms with E-state index < -0.39 is 0 Å². The predicted octanol–water partition coefficient (Wildman–Crippen LogP) is 2.27. The average Bonchev–Trinajstić information content (AvgIpc) is 2.17. The molecule has 2 nitrogen and oxygen atoms in total. The summed E-state index contributed by atoms with van der Waals surface area (Å²) in [6.07, 6.45) is 0. The molecule has 1 N–H and O–H groups in total. The van der Waals surface area contributed by atoms with E-state index in [9.17, 15) is 0 Å². The molecule has 1 aromatic rings. The van der Waals surface area contributed by atoms with E-state index in [1.165, 1.54) is 0 Å². The lowest BCUT2D eigenvalue weighted by Crippen LogP contribution is -2.06. The molecular formula is C8H12ClNO. The number of hydrogen-bond donors (Lipinski definition) is 1. The molecule has 0 saturated carbocycles. The minimum Gasteiger partial charge on any atom is -0.449 e. The number of furan rings is 1. The monoisotopic (exact) mass is 173 g/mol. The quantitative estimate of drug-likeness (QED) is 0.743. The zero-order valence-electron chi connectivity index (χ0n) is 6.99. The molecule has 11 heavy (non-hydrogen) atoms. The van der Waals surface area contributed by atoms with Crippen LogP contribution in [-0.4, -0.2) is 7.05 Å². The first-order valence-corrected chi connectivity index (χ1v) is 3.93. The van der Waals surface area contributed by atoms with Gasteiger partial charge in [0, 0.05) is 17.7 Å². The van der Waals surface area contributed by atoms with Gasteiger partial charge in [0.25, 0.3) is 0 Å². The van der Waals surface area contributed by atoms with Crippen molar-refractivity contribution in [1.29, 1.82) is 0 Å². The second-order valence-corrected chi connectivity index (χ2v) is 2.91. The van der Waals surface area contributed by atoms with E-state index in [0.717, 1.165) is 23.4 Å². The van der Waals surface area contributed by atoms with Crippen molar-refractivity contribution >= 4 is 11.6 Å². The fourth-order valence-corrected chi connectivity index (χ4v) is 1.32. The average molecular weight is 174 g/mol. The molecule has 0 aliphatic rings. The third-order valence-corrected chi connectivity index (χ3v) is 2.13. The van der Waals surface area contributed by atoms with Gasteiger partial charge in [-0.1, -0.05) is 0 Å². The van der Waals surface area contributed by atoms with E-state index >= 15 is 0 Å². The van der Waals surface area contributed by atoms with Gasteiger partial charge in [-0.15, -0.1) is 0 Å². The van der Waals surface area contributed by atoms with Crippen molar-refractivity contribution in [3.8, 4) is 0 Å². The highest BCUT2D eigenvalue weighted by Crippen LogP contribution is 2.25. The van der Waals surface area contributed by atoms with Gasteiger partial charge in [0.15, 0.2) is 5.22 Å². The molecule has 0 unspecified atom stereocenters. The standard InChI is InChI=1S/C8H12ClNO/c1-5-7(4-10-3)6(2)11-8(5)9/h10H,4H2,1-3H3. The molecule has 0 aromatic carbocycles. The first kappa shape index (κ1) is 8.62. The summed E-state index contributed by atoms with van der Waals surface area (Å²) < 4.78 is 5.22. The number of rotatable bonds is 2. The first-order chi connectivity index (χ1) is 5.16. The van der Waals surface area contributed by atoms with Gasteiger partial charge in [-0.3, -0.25) is 0 Å². The van der Waals surface area contributed by atoms with Gasteiger partial charge in [0.2, 0.25) is 0 Å². The molecule has 0 atom stereocenters. The molecule has 1 rings (SSSR count). The highest BCUT2D eigenvalue weighted by molar-refractivity contribution is 6.29. The van der Waals surface area contributed by atoms with Crippen molar-refractivity contribution in [3.63, 3.8) is 0 Å². The highest BCUT2D eigenvalue weighted by atomic mass is 35.5. The molecule has 0 amide bonds. The van der Waals surface area contributed by atoms with Gasteiger partial charge in [0.1, 0.15) is 5.76 Å². The number of hydrogen-bond acceptors (Lipinski definition) is 2. The molecule has 0 radical (unpaired) electrons. The SMILES string of the molecule is CNCc1c(C)oc(Cl)c1C. The van der Waals surface area contributed by atoms with Crippen LogP contribution in [0, 0.1) is 13.8 Å². The molecule has 0 aliphatic carbocycles. The van der Waals surface area contributed by atoms with Crippen LogP contribution in [0.15, 0.2) is 4.42 Å². The van der Waals surface area contributed by atoms with Gasteiger partial charge in [-0.2, -0.15) is 0 Å². The first-order valence-electron chi connectivity index (χ1n) is 3.55. The van der Waals surface area contributed by atoms with Crippen molar-refractivity contribution in [2.24, 2.45) is 0 Å². The molecule has 3 heteroatoms. The second-order valence-electron chi connectivity index (χ2n) is 2.57. The Morgan fingerprint density at radius 1 is 1.45 bits per heavy atom. The lowest BCUT2D eigenvalue weighted by atomic mass is 10.2. The molecule has 0 fully saturated rings. The van der Waals surface area contributed by atoms with E-state index in [1.807, 2.05) is 20.9 Å². The lowest BCUT2D eigenvalue weighted by Gasteiger charge is -1.97. The summed E-state index contributed by atoms with van der Waals surface area (Å²) >= 11 is 5.78. The van der Waals surface area contributed by atoms with Crippen LogP contribution in [0.1, 0.15) is 16.9 Å². The predicted molar refractivity (Wildman–Crippen MR) is 46.0 cm³/mol. The molecule has 0 bridgehead atoms. The maximum atomic E-state index is 5.78. The highest BCUT2D eigenvalue weighted by Gasteiger charge is 2.10. The van der Waals surface area contributed by atoms with E-state index in [-0.39, 0.29) is 0 Å². The van der Waals surface area contributed by atoms with Crippen LogP contribution in [0.2, 0.25) is 5.22 Å². The van der Waals surface area contributed by atoms with Crippen LogP contribution in [0.25, 0.3) is 0 Å². The van der Waals surface area contributed by atoms with Crippen LogP contribution in [0.5, 0.6) is 0 Å². The minimum absolute atomic E-state index is 0.507. The van der Waals surface area contributed by atoms with Crippen LogP contribution >= 0.6 is 11.6 Å². The van der Waals surface area contributed by atoms with Crippen molar-refractivity contribution in [1.82, 2.24) is 5.32 Å². The maximum absolute atomic E-state index is 5.78. The summed E-state index contributed by atoms with van der Waals surface area (Å²) in [4.78, 5) is 0. The normalized spacial score (nSPS) is 10.5. The van der Waals surface area contributed by atoms with Crippen molar-refractivity contribution < 1.29 is 4.42 Å². The van der Waals surface area contributed by atoms with E-state index in [2.05, 4.69) is 5.32 Å². The van der Waals surface area contributed by atoms with Crippen molar-refractivity contribution in [3.05, 3.63) is 22.1 Å². The molecule has 0 saturated heterocycles. The number of nitrogens with one attached hydrogen (secondary N) is 1. The summed E-state index contributed by atoms with van der Waals surface area (Å²) in [6.45, 7) is 4.70. The molecule has 0 spiro atoms. The minimum atomic E-state index is 0.507. The molecule has 1 heterocycles. The topological polar surface area (TPSA) is 25.2 Å². The molecule has 62 valence electrons. The Hall–Kier alpha value is -0.470. The van der Waals surface area contributed by atoms with E-state index in [1.54, 1.807) is 0 Å². The summed E-state index contributed by atoms with van der Waals surface area (Å²) in [5.74, 6) is 0.904. The van der Waals surface area contributed by atoms with Gasteiger partial charge >= 0.3 is 0 Å². The van der Waals surface area contributed by atoms with Crippen molar-refractivity contribution in [2.45, 2.75) is 20.4 Å². The van der Waals surface area contributed by atoms with Gasteiger partial charge < -0.3 is 9.73 Å². The fraction of sp³-hybridized carbons (Fsp3) is 0.500. The smallest absolute Gasteiger partial charge is 0.196 e. The Morgan fingerprint density at radius 3 is 2.45 bits per heavy atom. The van der Waals surface area contributed by atoms with E-state index in [0.29, 0.717) is 5.22 Å². The lowest BCUT2D eigenvalue weighted by molar-refractivity contribution is 0.529. The molecule has 0 aliphatic heterocycles. The summed E-state index contributed by atoms with van der Waals surface area (Å²) in [5, 5.41) is 3.57. The Kier molecular flexibility index (Phi) is 2.58. The third-order valence-electron chi connectivity index (χ3n) is 1.77. The zero-order valence-corrected chi connectivity index (χ0v) is 7.75. The molecular weight excluding hydrogens is 162 g/mol. The summed E-state index contributed by atoms with van der Waals surface area (Å²) in [7, 11) is 1.90. The zero-order chi connectivity index (χ0) is 8.43. The Balaban J connectivity index is 3.02. The van der Waals surface area contributed by atoms with Crippen molar-refractivity contribution in [2.75, 3.05) is 7.05 Å². The largest absolute Gasteiger partial charge is 0.449 e. The van der Waals surface area contributed by atoms with Crippen LogP contribution in [-0.2, 0) is 6.54 Å².